The van der Waals surface area contributed by atoms with E-state index in [0.717, 1.165) is 44.2 Å². The highest BCUT2D eigenvalue weighted by molar-refractivity contribution is 5.89. The molecule has 1 aliphatic rings. The minimum Gasteiger partial charge on any atom is -0.495 e. The van der Waals surface area contributed by atoms with Crippen molar-refractivity contribution in [2.75, 3.05) is 70.8 Å². The molecule has 8 heteroatoms. The number of nitrogens with one attached hydrogen (secondary N) is 2. The second kappa shape index (κ2) is 10.6. The molecule has 0 bridgehead atoms. The third-order valence-corrected chi connectivity index (χ3v) is 5.15. The van der Waals surface area contributed by atoms with E-state index in [1.807, 2.05) is 18.2 Å². The number of carbonyl (C=O) groups is 1. The van der Waals surface area contributed by atoms with E-state index in [4.69, 9.17) is 14.2 Å². The number of methoxy groups -OCH3 is 3. The quantitative estimate of drug-likeness (QED) is 0.692. The second-order valence-electron chi connectivity index (χ2n) is 6.95. The van der Waals surface area contributed by atoms with Crippen molar-refractivity contribution < 1.29 is 19.0 Å². The molecule has 1 heterocycles. The molecule has 3 rings (SSSR count). The average molecular weight is 415 g/mol. The maximum atomic E-state index is 12.2. The van der Waals surface area contributed by atoms with E-state index in [2.05, 4.69) is 26.5 Å². The van der Waals surface area contributed by atoms with Crippen molar-refractivity contribution in [3.05, 3.63) is 42.5 Å². The molecule has 0 radical (unpaired) electrons. The fraction of sp³-hybridized carbons (Fsp3) is 0.409. The molecule has 162 valence electrons. The van der Waals surface area contributed by atoms with Gasteiger partial charge in [-0.25, -0.2) is 4.79 Å². The standard InChI is InChI=1S/C22H30N4O4/c1-28-19-7-5-4-6-18(19)26-14-12-25(13-15-26)11-10-23-22(27)24-17-8-9-20(29-2)21(16-17)30-3/h4-9,16H,10-15H2,1-3H3,(H2,23,24,27). The minimum atomic E-state index is -0.241. The summed E-state index contributed by atoms with van der Waals surface area (Å²) in [5.41, 5.74) is 1.78. The maximum absolute atomic E-state index is 12.2. The number of benzene rings is 2. The molecular weight excluding hydrogens is 384 g/mol. The molecule has 2 amide bonds. The molecule has 0 aliphatic carbocycles. The molecule has 8 nitrogen and oxygen atoms in total. The Balaban J connectivity index is 1.40. The summed E-state index contributed by atoms with van der Waals surface area (Å²) >= 11 is 0. The Morgan fingerprint density at radius 1 is 0.900 bits per heavy atom. The smallest absolute Gasteiger partial charge is 0.319 e. The molecule has 0 aromatic heterocycles. The first-order valence-electron chi connectivity index (χ1n) is 10.0. The van der Waals surface area contributed by atoms with Gasteiger partial charge in [-0.3, -0.25) is 4.90 Å². The molecule has 0 saturated carbocycles. The Morgan fingerprint density at radius 2 is 1.60 bits per heavy atom. The van der Waals surface area contributed by atoms with E-state index in [9.17, 15) is 4.79 Å². The Kier molecular flexibility index (Phi) is 7.62. The number of rotatable bonds is 8. The molecule has 1 fully saturated rings. The summed E-state index contributed by atoms with van der Waals surface area (Å²) in [4.78, 5) is 16.9. The number of ether oxygens (including phenoxy) is 3. The van der Waals surface area contributed by atoms with Gasteiger partial charge in [0, 0.05) is 51.0 Å². The van der Waals surface area contributed by atoms with E-state index in [1.54, 1.807) is 39.5 Å². The van der Waals surface area contributed by atoms with Gasteiger partial charge in [0.25, 0.3) is 0 Å². The fourth-order valence-electron chi connectivity index (χ4n) is 3.52. The van der Waals surface area contributed by atoms with Crippen LogP contribution in [-0.4, -0.2) is 71.5 Å². The van der Waals surface area contributed by atoms with Crippen LogP contribution in [0.1, 0.15) is 0 Å². The lowest BCUT2D eigenvalue weighted by Gasteiger charge is -2.36. The summed E-state index contributed by atoms with van der Waals surface area (Å²) < 4.78 is 15.9. The molecule has 2 aromatic carbocycles. The predicted molar refractivity (Wildman–Crippen MR) is 118 cm³/mol. The van der Waals surface area contributed by atoms with Crippen molar-refractivity contribution in [1.29, 1.82) is 0 Å². The van der Waals surface area contributed by atoms with Gasteiger partial charge in [0.2, 0.25) is 0 Å². The van der Waals surface area contributed by atoms with Crippen LogP contribution in [0.3, 0.4) is 0 Å². The summed E-state index contributed by atoms with van der Waals surface area (Å²) in [7, 11) is 4.84. The number of para-hydroxylation sites is 2. The van der Waals surface area contributed by atoms with Gasteiger partial charge < -0.3 is 29.7 Å². The predicted octanol–water partition coefficient (Wildman–Crippen LogP) is 2.66. The summed E-state index contributed by atoms with van der Waals surface area (Å²) in [5, 5.41) is 5.73. The Labute approximate surface area is 177 Å². The van der Waals surface area contributed by atoms with Gasteiger partial charge in [-0.15, -0.1) is 0 Å². The van der Waals surface area contributed by atoms with E-state index in [-0.39, 0.29) is 6.03 Å². The van der Waals surface area contributed by atoms with Crippen molar-refractivity contribution in [3.63, 3.8) is 0 Å². The van der Waals surface area contributed by atoms with E-state index in [0.29, 0.717) is 23.7 Å². The third kappa shape index (κ3) is 5.48. The zero-order chi connectivity index (χ0) is 21.3. The van der Waals surface area contributed by atoms with Crippen LogP contribution in [0.5, 0.6) is 17.2 Å². The number of urea groups is 1. The first kappa shape index (κ1) is 21.6. The van der Waals surface area contributed by atoms with Gasteiger partial charge in [0.15, 0.2) is 11.5 Å². The summed E-state index contributed by atoms with van der Waals surface area (Å²) in [6, 6.07) is 13.1. The molecule has 0 unspecified atom stereocenters. The minimum absolute atomic E-state index is 0.241. The van der Waals surface area contributed by atoms with Gasteiger partial charge in [-0.2, -0.15) is 0 Å². The Bertz CT molecular complexity index is 838. The molecule has 30 heavy (non-hydrogen) atoms. The van der Waals surface area contributed by atoms with Gasteiger partial charge in [0.1, 0.15) is 5.75 Å². The van der Waals surface area contributed by atoms with Crippen LogP contribution in [0.25, 0.3) is 0 Å². The van der Waals surface area contributed by atoms with Crippen molar-refractivity contribution in [3.8, 4) is 17.2 Å². The van der Waals surface area contributed by atoms with Gasteiger partial charge >= 0.3 is 6.03 Å². The van der Waals surface area contributed by atoms with E-state index < -0.39 is 0 Å². The highest BCUT2D eigenvalue weighted by Gasteiger charge is 2.19. The fourth-order valence-corrected chi connectivity index (χ4v) is 3.52. The zero-order valence-electron chi connectivity index (χ0n) is 17.8. The van der Waals surface area contributed by atoms with Crippen LogP contribution in [0.2, 0.25) is 0 Å². The first-order valence-corrected chi connectivity index (χ1v) is 10.0. The van der Waals surface area contributed by atoms with Crippen LogP contribution in [0.4, 0.5) is 16.2 Å². The van der Waals surface area contributed by atoms with E-state index in [1.165, 1.54) is 0 Å². The van der Waals surface area contributed by atoms with Crippen LogP contribution < -0.4 is 29.7 Å². The second-order valence-corrected chi connectivity index (χ2v) is 6.95. The van der Waals surface area contributed by atoms with Gasteiger partial charge in [-0.1, -0.05) is 12.1 Å². The number of hydrogen-bond acceptors (Lipinski definition) is 6. The summed E-state index contributed by atoms with van der Waals surface area (Å²) in [5.74, 6) is 2.10. The molecule has 0 atom stereocenters. The SMILES string of the molecule is COc1ccc(NC(=O)NCCN2CCN(c3ccccc3OC)CC2)cc1OC. The molecule has 2 aromatic rings. The van der Waals surface area contributed by atoms with Crippen molar-refractivity contribution in [2.45, 2.75) is 0 Å². The lowest BCUT2D eigenvalue weighted by Crippen LogP contribution is -2.48. The first-order chi connectivity index (χ1) is 14.6. The number of carbonyl (C=O) groups excluding carboxylic acids is 1. The zero-order valence-corrected chi connectivity index (χ0v) is 17.8. The number of nitrogens with zero attached hydrogens (tertiary/aromatic N) is 2. The molecule has 2 N–H and O–H groups in total. The number of hydrogen-bond donors (Lipinski definition) is 2. The van der Waals surface area contributed by atoms with Crippen LogP contribution in [-0.2, 0) is 0 Å². The highest BCUT2D eigenvalue weighted by atomic mass is 16.5. The number of amides is 2. The molecule has 0 spiro atoms. The lowest BCUT2D eigenvalue weighted by atomic mass is 10.2. The number of piperazine rings is 1. The van der Waals surface area contributed by atoms with Crippen LogP contribution in [0, 0.1) is 0 Å². The average Bonchev–Trinajstić information content (AvgIpc) is 2.79. The van der Waals surface area contributed by atoms with Gasteiger partial charge in [0.05, 0.1) is 27.0 Å². The third-order valence-electron chi connectivity index (χ3n) is 5.15. The monoisotopic (exact) mass is 414 g/mol. The topological polar surface area (TPSA) is 75.3 Å². The van der Waals surface area contributed by atoms with Crippen LogP contribution >= 0.6 is 0 Å². The largest absolute Gasteiger partial charge is 0.495 e. The Hall–Kier alpha value is -3.13. The van der Waals surface area contributed by atoms with E-state index >= 15 is 0 Å². The molecular formula is C22H30N4O4. The van der Waals surface area contributed by atoms with Crippen molar-refractivity contribution in [1.82, 2.24) is 10.2 Å². The Morgan fingerprint density at radius 3 is 2.30 bits per heavy atom. The molecule has 1 aliphatic heterocycles. The summed E-state index contributed by atoms with van der Waals surface area (Å²) in [6.07, 6.45) is 0. The van der Waals surface area contributed by atoms with Crippen molar-refractivity contribution in [2.24, 2.45) is 0 Å². The molecule has 1 saturated heterocycles. The normalized spacial score (nSPS) is 14.2. The lowest BCUT2D eigenvalue weighted by molar-refractivity contribution is 0.240. The van der Waals surface area contributed by atoms with Crippen LogP contribution in [0.15, 0.2) is 42.5 Å². The maximum Gasteiger partial charge on any atom is 0.319 e. The van der Waals surface area contributed by atoms with Gasteiger partial charge in [-0.05, 0) is 24.3 Å². The van der Waals surface area contributed by atoms with Crippen molar-refractivity contribution >= 4 is 17.4 Å². The summed E-state index contributed by atoms with van der Waals surface area (Å²) in [6.45, 7) is 5.12. The highest BCUT2D eigenvalue weighted by Crippen LogP contribution is 2.30. The number of anilines is 2.